The molecule has 1 heterocycles. The van der Waals surface area contributed by atoms with Gasteiger partial charge in [0.05, 0.1) is 10.2 Å². The van der Waals surface area contributed by atoms with Crippen LogP contribution in [0, 0.1) is 0 Å². The van der Waals surface area contributed by atoms with Crippen LogP contribution >= 0.6 is 27.5 Å². The van der Waals surface area contributed by atoms with Gasteiger partial charge in [0.2, 0.25) is 0 Å². The average molecular weight is 370 g/mol. The summed E-state index contributed by atoms with van der Waals surface area (Å²) in [5, 5.41) is 4.03. The molecule has 1 aromatic heterocycles. The van der Waals surface area contributed by atoms with Crippen LogP contribution < -0.4 is 10.1 Å². The van der Waals surface area contributed by atoms with E-state index in [9.17, 15) is 0 Å². The van der Waals surface area contributed by atoms with E-state index >= 15 is 0 Å². The van der Waals surface area contributed by atoms with E-state index in [1.54, 1.807) is 6.07 Å². The molecule has 0 unspecified atom stereocenters. The van der Waals surface area contributed by atoms with Crippen LogP contribution in [0.25, 0.3) is 0 Å². The van der Waals surface area contributed by atoms with Crippen LogP contribution in [0.3, 0.4) is 0 Å². The van der Waals surface area contributed by atoms with Gasteiger partial charge < -0.3 is 10.1 Å². The standard InChI is InChI=1S/C16H18BrClN2O/c1-2-7-19-9-12-3-5-14(20-10-12)11-21-16-6-4-13(18)8-15(16)17/h3-6,8,10,19H,2,7,9,11H2,1H3. The van der Waals surface area contributed by atoms with E-state index in [2.05, 4.69) is 39.2 Å². The molecule has 0 fully saturated rings. The molecule has 0 aliphatic rings. The number of ether oxygens (including phenoxy) is 1. The van der Waals surface area contributed by atoms with Crippen molar-refractivity contribution < 1.29 is 4.74 Å². The SMILES string of the molecule is CCCNCc1ccc(COc2ccc(Cl)cc2Br)nc1. The summed E-state index contributed by atoms with van der Waals surface area (Å²) in [5.41, 5.74) is 2.08. The summed E-state index contributed by atoms with van der Waals surface area (Å²) in [4.78, 5) is 4.41. The Bertz CT molecular complexity index is 575. The number of rotatable bonds is 7. The number of hydrogen-bond donors (Lipinski definition) is 1. The molecule has 21 heavy (non-hydrogen) atoms. The number of aromatic nitrogens is 1. The molecule has 1 aromatic carbocycles. The molecule has 0 radical (unpaired) electrons. The molecular formula is C16H18BrClN2O. The molecule has 0 amide bonds. The Morgan fingerprint density at radius 1 is 1.29 bits per heavy atom. The minimum atomic E-state index is 0.433. The molecule has 0 atom stereocenters. The molecule has 5 heteroatoms. The Hall–Kier alpha value is -1.10. The van der Waals surface area contributed by atoms with Gasteiger partial charge in [-0.15, -0.1) is 0 Å². The van der Waals surface area contributed by atoms with E-state index in [1.807, 2.05) is 24.4 Å². The number of halogens is 2. The van der Waals surface area contributed by atoms with Crippen LogP contribution in [-0.2, 0) is 13.2 Å². The summed E-state index contributed by atoms with van der Waals surface area (Å²) in [6.07, 6.45) is 3.02. The van der Waals surface area contributed by atoms with Gasteiger partial charge in [0.25, 0.3) is 0 Å². The van der Waals surface area contributed by atoms with Gasteiger partial charge in [-0.3, -0.25) is 4.98 Å². The second kappa shape index (κ2) is 8.37. The van der Waals surface area contributed by atoms with Crippen molar-refractivity contribution in [3.05, 3.63) is 57.3 Å². The van der Waals surface area contributed by atoms with Crippen molar-refractivity contribution in [2.45, 2.75) is 26.5 Å². The Labute approximate surface area is 138 Å². The molecule has 0 aliphatic carbocycles. The molecule has 0 saturated heterocycles. The van der Waals surface area contributed by atoms with Crippen molar-refractivity contribution >= 4 is 27.5 Å². The third kappa shape index (κ3) is 5.30. The second-order valence-electron chi connectivity index (χ2n) is 4.70. The van der Waals surface area contributed by atoms with Crippen LogP contribution in [-0.4, -0.2) is 11.5 Å². The summed E-state index contributed by atoms with van der Waals surface area (Å²) in [6, 6.07) is 9.53. The first-order valence-corrected chi connectivity index (χ1v) is 8.08. The lowest BCUT2D eigenvalue weighted by Crippen LogP contribution is -2.14. The number of nitrogens with zero attached hydrogens (tertiary/aromatic N) is 1. The molecular weight excluding hydrogens is 352 g/mol. The third-order valence-corrected chi connectivity index (χ3v) is 3.77. The zero-order chi connectivity index (χ0) is 15.1. The summed E-state index contributed by atoms with van der Waals surface area (Å²) >= 11 is 9.33. The molecule has 2 aromatic rings. The molecule has 0 bridgehead atoms. The Morgan fingerprint density at radius 3 is 2.81 bits per heavy atom. The molecule has 0 saturated carbocycles. The maximum absolute atomic E-state index is 5.90. The molecule has 3 nitrogen and oxygen atoms in total. The maximum Gasteiger partial charge on any atom is 0.134 e. The van der Waals surface area contributed by atoms with Crippen molar-refractivity contribution in [1.82, 2.24) is 10.3 Å². The van der Waals surface area contributed by atoms with Gasteiger partial charge in [-0.2, -0.15) is 0 Å². The van der Waals surface area contributed by atoms with E-state index in [4.69, 9.17) is 16.3 Å². The summed E-state index contributed by atoms with van der Waals surface area (Å²) in [5.74, 6) is 0.759. The molecule has 1 N–H and O–H groups in total. The highest BCUT2D eigenvalue weighted by molar-refractivity contribution is 9.10. The fourth-order valence-corrected chi connectivity index (χ4v) is 2.60. The highest BCUT2D eigenvalue weighted by Crippen LogP contribution is 2.28. The predicted octanol–water partition coefficient (Wildman–Crippen LogP) is 4.58. The lowest BCUT2D eigenvalue weighted by atomic mass is 10.2. The maximum atomic E-state index is 5.90. The fourth-order valence-electron chi connectivity index (χ4n) is 1.80. The summed E-state index contributed by atoms with van der Waals surface area (Å²) < 4.78 is 6.58. The van der Waals surface area contributed by atoms with Crippen molar-refractivity contribution in [2.24, 2.45) is 0 Å². The largest absolute Gasteiger partial charge is 0.486 e. The van der Waals surface area contributed by atoms with Gasteiger partial charge in [-0.05, 0) is 58.7 Å². The monoisotopic (exact) mass is 368 g/mol. The van der Waals surface area contributed by atoms with E-state index in [0.717, 1.165) is 35.4 Å². The lowest BCUT2D eigenvalue weighted by molar-refractivity contribution is 0.299. The minimum absolute atomic E-state index is 0.433. The Kier molecular flexibility index (Phi) is 6.49. The van der Waals surface area contributed by atoms with Crippen LogP contribution in [0.1, 0.15) is 24.6 Å². The molecule has 2 rings (SSSR count). The fraction of sp³-hybridized carbons (Fsp3) is 0.312. The molecule has 0 aliphatic heterocycles. The van der Waals surface area contributed by atoms with E-state index < -0.39 is 0 Å². The first kappa shape index (κ1) is 16.3. The van der Waals surface area contributed by atoms with Gasteiger partial charge in [-0.25, -0.2) is 0 Å². The number of benzene rings is 1. The number of hydrogen-bond acceptors (Lipinski definition) is 3. The number of pyridine rings is 1. The topological polar surface area (TPSA) is 34.1 Å². The zero-order valence-electron chi connectivity index (χ0n) is 11.9. The Morgan fingerprint density at radius 2 is 2.14 bits per heavy atom. The van der Waals surface area contributed by atoms with Gasteiger partial charge in [0.1, 0.15) is 12.4 Å². The minimum Gasteiger partial charge on any atom is -0.486 e. The van der Waals surface area contributed by atoms with Gasteiger partial charge in [0, 0.05) is 17.8 Å². The Balaban J connectivity index is 1.88. The summed E-state index contributed by atoms with van der Waals surface area (Å²) in [7, 11) is 0. The quantitative estimate of drug-likeness (QED) is 0.726. The first-order valence-electron chi connectivity index (χ1n) is 6.91. The normalized spacial score (nSPS) is 10.6. The molecule has 112 valence electrons. The van der Waals surface area contributed by atoms with Crippen molar-refractivity contribution in [3.63, 3.8) is 0 Å². The lowest BCUT2D eigenvalue weighted by Gasteiger charge is -2.09. The predicted molar refractivity (Wildman–Crippen MR) is 89.7 cm³/mol. The first-order chi connectivity index (χ1) is 10.2. The zero-order valence-corrected chi connectivity index (χ0v) is 14.2. The van der Waals surface area contributed by atoms with Gasteiger partial charge >= 0.3 is 0 Å². The van der Waals surface area contributed by atoms with E-state index in [0.29, 0.717) is 11.6 Å². The van der Waals surface area contributed by atoms with Crippen molar-refractivity contribution in [2.75, 3.05) is 6.54 Å². The van der Waals surface area contributed by atoms with Crippen LogP contribution in [0.5, 0.6) is 5.75 Å². The third-order valence-electron chi connectivity index (χ3n) is 2.91. The smallest absolute Gasteiger partial charge is 0.134 e. The van der Waals surface area contributed by atoms with Crippen LogP contribution in [0.15, 0.2) is 41.0 Å². The van der Waals surface area contributed by atoms with E-state index in [1.165, 1.54) is 5.56 Å². The van der Waals surface area contributed by atoms with Crippen LogP contribution in [0.4, 0.5) is 0 Å². The number of nitrogens with one attached hydrogen (secondary N) is 1. The second-order valence-corrected chi connectivity index (χ2v) is 5.99. The molecule has 0 spiro atoms. The van der Waals surface area contributed by atoms with Gasteiger partial charge in [0.15, 0.2) is 0 Å². The summed E-state index contributed by atoms with van der Waals surface area (Å²) in [6.45, 7) is 4.46. The van der Waals surface area contributed by atoms with E-state index in [-0.39, 0.29) is 0 Å². The van der Waals surface area contributed by atoms with Crippen LogP contribution in [0.2, 0.25) is 5.02 Å². The highest BCUT2D eigenvalue weighted by atomic mass is 79.9. The van der Waals surface area contributed by atoms with Crippen molar-refractivity contribution in [3.8, 4) is 5.75 Å². The van der Waals surface area contributed by atoms with Gasteiger partial charge in [-0.1, -0.05) is 24.6 Å². The average Bonchev–Trinajstić information content (AvgIpc) is 2.48. The van der Waals surface area contributed by atoms with Crippen molar-refractivity contribution in [1.29, 1.82) is 0 Å². The highest BCUT2D eigenvalue weighted by Gasteiger charge is 2.03.